The van der Waals surface area contributed by atoms with Crippen molar-refractivity contribution in [2.24, 2.45) is 5.92 Å². The van der Waals surface area contributed by atoms with Gasteiger partial charge in [-0.3, -0.25) is 9.59 Å². The predicted octanol–water partition coefficient (Wildman–Crippen LogP) is 2.95. The second-order valence-corrected chi connectivity index (χ2v) is 7.23. The minimum absolute atomic E-state index is 0.0680. The van der Waals surface area contributed by atoms with Gasteiger partial charge in [0.05, 0.1) is 19.6 Å². The molecular weight excluding hydrogens is 318 g/mol. The number of methoxy groups -OCH3 is 2. The number of likely N-dealkylation sites (tertiary alicyclic amines) is 1. The first-order chi connectivity index (χ1) is 12.0. The molecule has 5 nitrogen and oxygen atoms in total. The smallest absolute Gasteiger partial charge is 0.233 e. The molecule has 1 saturated carbocycles. The van der Waals surface area contributed by atoms with Gasteiger partial charge in [-0.2, -0.15) is 0 Å². The molecule has 0 bridgehead atoms. The predicted molar refractivity (Wildman–Crippen MR) is 95.1 cm³/mol. The molecule has 1 heterocycles. The first-order valence-corrected chi connectivity index (χ1v) is 9.06. The molecule has 5 heteroatoms. The Bertz CT molecular complexity index is 664. The Morgan fingerprint density at radius 3 is 2.44 bits per heavy atom. The average molecular weight is 345 g/mol. The Morgan fingerprint density at radius 1 is 1.16 bits per heavy atom. The Labute approximate surface area is 149 Å². The highest BCUT2D eigenvalue weighted by molar-refractivity contribution is 5.91. The van der Waals surface area contributed by atoms with Gasteiger partial charge in [0.15, 0.2) is 11.5 Å². The van der Waals surface area contributed by atoms with E-state index in [1.165, 1.54) is 0 Å². The monoisotopic (exact) mass is 345 g/mol. The van der Waals surface area contributed by atoms with Gasteiger partial charge in [0.1, 0.15) is 5.78 Å². The molecule has 0 radical (unpaired) electrons. The molecule has 1 saturated heterocycles. The number of Topliss-reactive ketones (excluding diaryl/α,β-unsaturated/α-hetero) is 1. The summed E-state index contributed by atoms with van der Waals surface area (Å²) in [6, 6.07) is 5.81. The van der Waals surface area contributed by atoms with Crippen molar-refractivity contribution in [3.8, 4) is 11.5 Å². The summed E-state index contributed by atoms with van der Waals surface area (Å²) in [6.07, 6.45) is 4.25. The van der Waals surface area contributed by atoms with E-state index in [0.717, 1.165) is 31.2 Å². The summed E-state index contributed by atoms with van der Waals surface area (Å²) < 4.78 is 10.8. The van der Waals surface area contributed by atoms with E-state index in [2.05, 4.69) is 0 Å². The van der Waals surface area contributed by atoms with Crippen LogP contribution in [0, 0.1) is 5.92 Å². The fourth-order valence-electron chi connectivity index (χ4n) is 4.24. The third-order valence-corrected chi connectivity index (χ3v) is 5.76. The fraction of sp³-hybridized carbons (Fsp3) is 0.600. The van der Waals surface area contributed by atoms with Gasteiger partial charge in [-0.25, -0.2) is 0 Å². The molecule has 1 unspecified atom stereocenters. The van der Waals surface area contributed by atoms with Crippen molar-refractivity contribution in [3.63, 3.8) is 0 Å². The maximum absolute atomic E-state index is 13.5. The van der Waals surface area contributed by atoms with Gasteiger partial charge in [-0.15, -0.1) is 0 Å². The topological polar surface area (TPSA) is 55.8 Å². The summed E-state index contributed by atoms with van der Waals surface area (Å²) in [7, 11) is 3.23. The first kappa shape index (κ1) is 17.8. The molecule has 1 atom stereocenters. The third-order valence-electron chi connectivity index (χ3n) is 5.76. The van der Waals surface area contributed by atoms with Crippen molar-refractivity contribution in [1.29, 1.82) is 0 Å². The Balaban J connectivity index is 1.94. The van der Waals surface area contributed by atoms with Gasteiger partial charge in [-0.1, -0.05) is 25.8 Å². The van der Waals surface area contributed by atoms with E-state index in [-0.39, 0.29) is 17.6 Å². The van der Waals surface area contributed by atoms with Gasteiger partial charge in [-0.05, 0) is 30.5 Å². The number of hydrogen-bond donors (Lipinski definition) is 0. The molecule has 0 spiro atoms. The molecular formula is C20H27NO4. The third kappa shape index (κ3) is 3.12. The SMILES string of the molecule is COc1ccc(C2(C(=O)N3CCC(=O)C(C)C3)CCCC2)cc1OC. The Kier molecular flexibility index (Phi) is 5.02. The van der Waals surface area contributed by atoms with Gasteiger partial charge >= 0.3 is 0 Å². The molecule has 1 aliphatic carbocycles. The van der Waals surface area contributed by atoms with E-state index >= 15 is 0 Å². The number of benzene rings is 1. The summed E-state index contributed by atoms with van der Waals surface area (Å²) in [4.78, 5) is 27.2. The standard InChI is InChI=1S/C20H27NO4/c1-14-13-21(11-8-16(14)22)19(23)20(9-4-5-10-20)15-6-7-17(24-2)18(12-15)25-3/h6-7,12,14H,4-5,8-11,13H2,1-3H3. The highest BCUT2D eigenvalue weighted by atomic mass is 16.5. The normalized spacial score (nSPS) is 22.8. The summed E-state index contributed by atoms with van der Waals surface area (Å²) >= 11 is 0. The van der Waals surface area contributed by atoms with Gasteiger partial charge in [0.2, 0.25) is 5.91 Å². The van der Waals surface area contributed by atoms with Crippen molar-refractivity contribution in [3.05, 3.63) is 23.8 Å². The maximum atomic E-state index is 13.5. The van der Waals surface area contributed by atoms with Crippen molar-refractivity contribution in [1.82, 2.24) is 4.90 Å². The van der Waals surface area contributed by atoms with E-state index in [1.54, 1.807) is 14.2 Å². The van der Waals surface area contributed by atoms with Gasteiger partial charge in [0, 0.05) is 25.4 Å². The molecule has 1 amide bonds. The van der Waals surface area contributed by atoms with Crippen LogP contribution in [-0.2, 0) is 15.0 Å². The molecule has 25 heavy (non-hydrogen) atoms. The molecule has 2 fully saturated rings. The van der Waals surface area contributed by atoms with E-state index in [9.17, 15) is 9.59 Å². The second kappa shape index (κ2) is 7.06. The minimum Gasteiger partial charge on any atom is -0.493 e. The van der Waals surface area contributed by atoms with Crippen molar-refractivity contribution in [2.75, 3.05) is 27.3 Å². The van der Waals surface area contributed by atoms with Crippen LogP contribution in [0.15, 0.2) is 18.2 Å². The Hall–Kier alpha value is -2.04. The minimum atomic E-state index is -0.500. The molecule has 1 aromatic rings. The van der Waals surface area contributed by atoms with E-state index in [1.807, 2.05) is 30.0 Å². The molecule has 3 rings (SSSR count). The number of carbonyl (C=O) groups is 2. The summed E-state index contributed by atoms with van der Waals surface area (Å²) in [6.45, 7) is 2.99. The molecule has 136 valence electrons. The van der Waals surface area contributed by atoms with Crippen LogP contribution in [0.1, 0.15) is 44.6 Å². The number of rotatable bonds is 4. The van der Waals surface area contributed by atoms with Crippen LogP contribution in [-0.4, -0.2) is 43.9 Å². The zero-order valence-corrected chi connectivity index (χ0v) is 15.3. The van der Waals surface area contributed by atoms with E-state index < -0.39 is 5.41 Å². The number of ether oxygens (including phenoxy) is 2. The number of nitrogens with zero attached hydrogens (tertiary/aromatic N) is 1. The van der Waals surface area contributed by atoms with Crippen molar-refractivity contribution >= 4 is 11.7 Å². The molecule has 2 aliphatic rings. The summed E-state index contributed by atoms with van der Waals surface area (Å²) in [5.74, 6) is 1.68. The number of piperidine rings is 1. The number of hydrogen-bond acceptors (Lipinski definition) is 4. The highest BCUT2D eigenvalue weighted by Crippen LogP contribution is 2.45. The van der Waals surface area contributed by atoms with E-state index in [0.29, 0.717) is 31.0 Å². The maximum Gasteiger partial charge on any atom is 0.233 e. The van der Waals surface area contributed by atoms with Crippen LogP contribution in [0.5, 0.6) is 11.5 Å². The van der Waals surface area contributed by atoms with Gasteiger partial charge < -0.3 is 14.4 Å². The molecule has 1 aliphatic heterocycles. The van der Waals surface area contributed by atoms with Crippen LogP contribution in [0.25, 0.3) is 0 Å². The lowest BCUT2D eigenvalue weighted by molar-refractivity contribution is -0.141. The Morgan fingerprint density at radius 2 is 1.84 bits per heavy atom. The van der Waals surface area contributed by atoms with Crippen LogP contribution in [0.4, 0.5) is 0 Å². The quantitative estimate of drug-likeness (QED) is 0.842. The van der Waals surface area contributed by atoms with Crippen LogP contribution in [0.2, 0.25) is 0 Å². The van der Waals surface area contributed by atoms with Crippen LogP contribution >= 0.6 is 0 Å². The number of amides is 1. The van der Waals surface area contributed by atoms with Crippen LogP contribution in [0.3, 0.4) is 0 Å². The lowest BCUT2D eigenvalue weighted by Crippen LogP contribution is -2.51. The lowest BCUT2D eigenvalue weighted by Gasteiger charge is -2.38. The highest BCUT2D eigenvalue weighted by Gasteiger charge is 2.46. The largest absolute Gasteiger partial charge is 0.493 e. The average Bonchev–Trinajstić information content (AvgIpc) is 3.13. The lowest BCUT2D eigenvalue weighted by atomic mass is 9.76. The summed E-state index contributed by atoms with van der Waals surface area (Å²) in [5, 5.41) is 0. The zero-order valence-electron chi connectivity index (χ0n) is 15.3. The number of carbonyl (C=O) groups excluding carboxylic acids is 2. The van der Waals surface area contributed by atoms with Crippen molar-refractivity contribution < 1.29 is 19.1 Å². The first-order valence-electron chi connectivity index (χ1n) is 9.06. The zero-order chi connectivity index (χ0) is 18.0. The second-order valence-electron chi connectivity index (χ2n) is 7.23. The van der Waals surface area contributed by atoms with E-state index in [4.69, 9.17) is 9.47 Å². The fourth-order valence-corrected chi connectivity index (χ4v) is 4.24. The van der Waals surface area contributed by atoms with Gasteiger partial charge in [0.25, 0.3) is 0 Å². The van der Waals surface area contributed by atoms with Crippen LogP contribution < -0.4 is 9.47 Å². The summed E-state index contributed by atoms with van der Waals surface area (Å²) in [5.41, 5.74) is 0.497. The number of ketones is 1. The molecule has 1 aromatic carbocycles. The molecule has 0 N–H and O–H groups in total. The van der Waals surface area contributed by atoms with Crippen molar-refractivity contribution in [2.45, 2.75) is 44.4 Å². The molecule has 0 aromatic heterocycles.